The molecule has 0 aromatic carbocycles. The summed E-state index contributed by atoms with van der Waals surface area (Å²) in [5.74, 6) is 1.41. The second-order valence-electron chi connectivity index (χ2n) is 4.58. The molecule has 17 heavy (non-hydrogen) atoms. The maximum Gasteiger partial charge on any atom is 0.153 e. The zero-order chi connectivity index (χ0) is 11.8. The van der Waals surface area contributed by atoms with Crippen LogP contribution in [0.1, 0.15) is 43.0 Å². The Morgan fingerprint density at radius 2 is 2.24 bits per heavy atom. The molecule has 1 aliphatic rings. The van der Waals surface area contributed by atoms with Crippen LogP contribution in [0.4, 0.5) is 0 Å². The molecule has 1 aliphatic carbocycles. The van der Waals surface area contributed by atoms with Gasteiger partial charge in [0.1, 0.15) is 0 Å². The van der Waals surface area contributed by atoms with Gasteiger partial charge in [-0.1, -0.05) is 0 Å². The zero-order valence-corrected chi connectivity index (χ0v) is 9.74. The predicted octanol–water partition coefficient (Wildman–Crippen LogP) is 2.20. The van der Waals surface area contributed by atoms with Crippen molar-refractivity contribution in [2.75, 3.05) is 0 Å². The maximum absolute atomic E-state index is 9.54. The molecule has 2 aromatic rings. The SMILES string of the molecule is C[C@@H](O)c1ccnc(-n2ccc(C3CC3)n2)c1. The highest BCUT2D eigenvalue weighted by Crippen LogP contribution is 2.38. The molecule has 2 aromatic heterocycles. The molecule has 0 radical (unpaired) electrons. The molecule has 1 N–H and O–H groups in total. The lowest BCUT2D eigenvalue weighted by molar-refractivity contribution is 0.199. The number of aromatic nitrogens is 3. The van der Waals surface area contributed by atoms with Gasteiger partial charge in [0.25, 0.3) is 0 Å². The average molecular weight is 229 g/mol. The van der Waals surface area contributed by atoms with Crippen molar-refractivity contribution >= 4 is 0 Å². The van der Waals surface area contributed by atoms with Crippen molar-refractivity contribution in [3.63, 3.8) is 0 Å². The zero-order valence-electron chi connectivity index (χ0n) is 9.74. The van der Waals surface area contributed by atoms with Gasteiger partial charge < -0.3 is 5.11 Å². The summed E-state index contributed by atoms with van der Waals surface area (Å²) in [5.41, 5.74) is 2.01. The van der Waals surface area contributed by atoms with E-state index >= 15 is 0 Å². The fraction of sp³-hybridized carbons (Fsp3) is 0.385. The van der Waals surface area contributed by atoms with Crippen molar-refractivity contribution in [3.05, 3.63) is 41.9 Å². The van der Waals surface area contributed by atoms with Crippen LogP contribution < -0.4 is 0 Å². The minimum Gasteiger partial charge on any atom is -0.389 e. The standard InChI is InChI=1S/C13H15N3O/c1-9(17)11-4-6-14-13(8-11)16-7-5-12(15-16)10-2-3-10/h4-10,17H,2-3H2,1H3/t9-/m1/s1. The second-order valence-corrected chi connectivity index (χ2v) is 4.58. The van der Waals surface area contributed by atoms with E-state index in [1.54, 1.807) is 17.8 Å². The van der Waals surface area contributed by atoms with E-state index in [2.05, 4.69) is 10.1 Å². The molecule has 1 atom stereocenters. The van der Waals surface area contributed by atoms with Gasteiger partial charge in [-0.05, 0) is 43.5 Å². The third kappa shape index (κ3) is 2.08. The largest absolute Gasteiger partial charge is 0.389 e. The number of pyridine rings is 1. The van der Waals surface area contributed by atoms with Crippen LogP contribution in [0.25, 0.3) is 5.82 Å². The Balaban J connectivity index is 1.93. The van der Waals surface area contributed by atoms with Crippen LogP contribution in [0.15, 0.2) is 30.6 Å². The summed E-state index contributed by atoms with van der Waals surface area (Å²) >= 11 is 0. The third-order valence-corrected chi connectivity index (χ3v) is 3.09. The van der Waals surface area contributed by atoms with Gasteiger partial charge in [0.15, 0.2) is 5.82 Å². The van der Waals surface area contributed by atoms with E-state index in [0.29, 0.717) is 5.92 Å². The highest BCUT2D eigenvalue weighted by molar-refractivity contribution is 5.29. The molecule has 0 spiro atoms. The summed E-state index contributed by atoms with van der Waals surface area (Å²) in [6, 6.07) is 5.74. The fourth-order valence-electron chi connectivity index (χ4n) is 1.88. The van der Waals surface area contributed by atoms with E-state index in [1.165, 1.54) is 12.8 Å². The number of aliphatic hydroxyl groups excluding tert-OH is 1. The molecular formula is C13H15N3O. The molecule has 1 saturated carbocycles. The van der Waals surface area contributed by atoms with Gasteiger partial charge >= 0.3 is 0 Å². The van der Waals surface area contributed by atoms with Gasteiger partial charge in [0, 0.05) is 18.3 Å². The molecule has 3 rings (SSSR count). The number of aliphatic hydroxyl groups is 1. The Kier molecular flexibility index (Phi) is 2.44. The molecule has 0 aliphatic heterocycles. The van der Waals surface area contributed by atoms with Gasteiger partial charge in [-0.3, -0.25) is 0 Å². The number of hydrogen-bond donors (Lipinski definition) is 1. The van der Waals surface area contributed by atoms with Crippen LogP contribution in [-0.4, -0.2) is 19.9 Å². The molecule has 0 unspecified atom stereocenters. The predicted molar refractivity (Wildman–Crippen MR) is 64.0 cm³/mol. The minimum atomic E-state index is -0.477. The highest BCUT2D eigenvalue weighted by Gasteiger charge is 2.25. The van der Waals surface area contributed by atoms with E-state index in [0.717, 1.165) is 17.1 Å². The summed E-state index contributed by atoms with van der Waals surface area (Å²) in [6.07, 6.45) is 5.66. The highest BCUT2D eigenvalue weighted by atomic mass is 16.3. The van der Waals surface area contributed by atoms with Crippen LogP contribution >= 0.6 is 0 Å². The molecule has 0 saturated heterocycles. The Bertz CT molecular complexity index is 529. The topological polar surface area (TPSA) is 50.9 Å². The molecular weight excluding hydrogens is 214 g/mol. The van der Waals surface area contributed by atoms with Crippen LogP contribution in [-0.2, 0) is 0 Å². The van der Waals surface area contributed by atoms with E-state index in [9.17, 15) is 5.11 Å². The third-order valence-electron chi connectivity index (χ3n) is 3.09. The Labute approximate surface area is 99.9 Å². The molecule has 4 nitrogen and oxygen atoms in total. The Morgan fingerprint density at radius 1 is 1.41 bits per heavy atom. The first-order chi connectivity index (χ1) is 8.24. The summed E-state index contributed by atoms with van der Waals surface area (Å²) in [6.45, 7) is 1.75. The van der Waals surface area contributed by atoms with Crippen molar-refractivity contribution in [1.29, 1.82) is 0 Å². The Hall–Kier alpha value is -1.68. The van der Waals surface area contributed by atoms with Gasteiger partial charge in [0.05, 0.1) is 11.8 Å². The van der Waals surface area contributed by atoms with Crippen LogP contribution in [0.2, 0.25) is 0 Å². The first-order valence-electron chi connectivity index (χ1n) is 5.94. The summed E-state index contributed by atoms with van der Waals surface area (Å²) < 4.78 is 1.78. The normalized spacial score (nSPS) is 17.1. The van der Waals surface area contributed by atoms with Gasteiger partial charge in [-0.2, -0.15) is 5.10 Å². The minimum absolute atomic E-state index is 0.477. The second kappa shape index (κ2) is 3.96. The number of rotatable bonds is 3. The van der Waals surface area contributed by atoms with E-state index in [4.69, 9.17) is 0 Å². The quantitative estimate of drug-likeness (QED) is 0.877. The summed E-state index contributed by atoms with van der Waals surface area (Å²) in [4.78, 5) is 4.27. The van der Waals surface area contributed by atoms with Crippen LogP contribution in [0.5, 0.6) is 0 Å². The average Bonchev–Trinajstić information content (AvgIpc) is 3.07. The van der Waals surface area contributed by atoms with E-state index in [-0.39, 0.29) is 0 Å². The van der Waals surface area contributed by atoms with Crippen molar-refractivity contribution in [3.8, 4) is 5.82 Å². The molecule has 88 valence electrons. The lowest BCUT2D eigenvalue weighted by Crippen LogP contribution is -2.01. The lowest BCUT2D eigenvalue weighted by Gasteiger charge is -2.06. The molecule has 0 amide bonds. The van der Waals surface area contributed by atoms with E-state index in [1.807, 2.05) is 24.4 Å². The van der Waals surface area contributed by atoms with Crippen molar-refractivity contribution < 1.29 is 5.11 Å². The molecule has 1 fully saturated rings. The maximum atomic E-state index is 9.54. The van der Waals surface area contributed by atoms with Crippen LogP contribution in [0, 0.1) is 0 Å². The molecule has 2 heterocycles. The van der Waals surface area contributed by atoms with Crippen molar-refractivity contribution in [2.45, 2.75) is 31.8 Å². The van der Waals surface area contributed by atoms with Crippen molar-refractivity contribution in [1.82, 2.24) is 14.8 Å². The molecule has 0 bridgehead atoms. The number of nitrogens with zero attached hydrogens (tertiary/aromatic N) is 3. The van der Waals surface area contributed by atoms with Crippen LogP contribution in [0.3, 0.4) is 0 Å². The Morgan fingerprint density at radius 3 is 2.94 bits per heavy atom. The van der Waals surface area contributed by atoms with Gasteiger partial charge in [0.2, 0.25) is 0 Å². The fourth-order valence-corrected chi connectivity index (χ4v) is 1.88. The van der Waals surface area contributed by atoms with Gasteiger partial charge in [-0.25, -0.2) is 9.67 Å². The summed E-state index contributed by atoms with van der Waals surface area (Å²) in [5, 5.41) is 14.1. The monoisotopic (exact) mass is 229 g/mol. The first-order valence-corrected chi connectivity index (χ1v) is 5.94. The van der Waals surface area contributed by atoms with E-state index < -0.39 is 6.10 Å². The molecule has 4 heteroatoms. The lowest BCUT2D eigenvalue weighted by atomic mass is 10.2. The van der Waals surface area contributed by atoms with Crippen molar-refractivity contribution in [2.24, 2.45) is 0 Å². The van der Waals surface area contributed by atoms with Gasteiger partial charge in [-0.15, -0.1) is 0 Å². The number of hydrogen-bond acceptors (Lipinski definition) is 3. The smallest absolute Gasteiger partial charge is 0.153 e. The first kappa shape index (κ1) is 10.5. The summed E-state index contributed by atoms with van der Waals surface area (Å²) in [7, 11) is 0.